The molecule has 0 amide bonds. The molecule has 1 fully saturated rings. The van der Waals surface area contributed by atoms with Gasteiger partial charge in [-0.05, 0) is 26.0 Å². The van der Waals surface area contributed by atoms with Crippen LogP contribution < -0.4 is 18.1 Å². The number of nitrogens with zero attached hydrogens (tertiary/aromatic N) is 3. The molecule has 2 atom stereocenters. The van der Waals surface area contributed by atoms with Crippen molar-refractivity contribution in [2.75, 3.05) is 22.8 Å². The van der Waals surface area contributed by atoms with E-state index in [1.807, 2.05) is 13.8 Å². The van der Waals surface area contributed by atoms with Gasteiger partial charge in [-0.15, -0.1) is 0 Å². The number of anilines is 2. The fraction of sp³-hybridized carbons (Fsp3) is 0.353. The molecule has 2 bridgehead atoms. The minimum atomic E-state index is -3.66. The molecule has 1 aromatic heterocycles. The number of hydrogen-bond donors (Lipinski definition) is 0. The fourth-order valence-electron chi connectivity index (χ4n) is 3.50. The van der Waals surface area contributed by atoms with Crippen LogP contribution in [-0.2, 0) is 26.8 Å². The summed E-state index contributed by atoms with van der Waals surface area (Å²) in [6.07, 6.45) is 1.67. The van der Waals surface area contributed by atoms with Crippen molar-refractivity contribution in [2.24, 2.45) is 0 Å². The van der Waals surface area contributed by atoms with Gasteiger partial charge in [-0.25, -0.2) is 8.61 Å². The Bertz CT molecular complexity index is 1070. The molecule has 8 nitrogen and oxygen atoms in total. The van der Waals surface area contributed by atoms with Gasteiger partial charge in [0.25, 0.3) is 0 Å². The first kappa shape index (κ1) is 18.1. The zero-order valence-corrected chi connectivity index (χ0v) is 16.9. The van der Waals surface area contributed by atoms with Crippen molar-refractivity contribution in [3.8, 4) is 11.5 Å². The van der Waals surface area contributed by atoms with Gasteiger partial charge in [0.05, 0.1) is 47.8 Å². The fourth-order valence-corrected chi connectivity index (χ4v) is 7.58. The predicted octanol–water partition coefficient (Wildman–Crippen LogP) is 1.83. The van der Waals surface area contributed by atoms with Gasteiger partial charge >= 0.3 is 10.2 Å². The summed E-state index contributed by atoms with van der Waals surface area (Å²) in [5.74, 6) is 1.37. The predicted molar refractivity (Wildman–Crippen MR) is 103 cm³/mol. The topological polar surface area (TPSA) is 89.0 Å². The van der Waals surface area contributed by atoms with Crippen LogP contribution >= 0.6 is 0 Å². The van der Waals surface area contributed by atoms with Gasteiger partial charge in [0.2, 0.25) is 5.50 Å². The third kappa shape index (κ3) is 2.43. The number of ether oxygens (including phenoxy) is 2. The SMILES string of the molecule is COc1ccc2c(c1)N1C(S(=O)Cc3ncc(C)c(OC)c3C)N2S1(=O)=O. The summed E-state index contributed by atoms with van der Waals surface area (Å²) >= 11 is 0. The van der Waals surface area contributed by atoms with Crippen LogP contribution in [0.2, 0.25) is 0 Å². The first-order valence-electron chi connectivity index (χ1n) is 8.19. The molecule has 0 aliphatic carbocycles. The first-order valence-corrected chi connectivity index (χ1v) is 11.0. The second-order valence-corrected chi connectivity index (χ2v) is 9.51. The third-order valence-electron chi connectivity index (χ3n) is 4.82. The molecule has 10 heteroatoms. The van der Waals surface area contributed by atoms with Gasteiger partial charge < -0.3 is 9.47 Å². The normalized spacial score (nSPS) is 20.1. The summed E-state index contributed by atoms with van der Waals surface area (Å²) in [5, 5.41) is 0. The maximum absolute atomic E-state index is 13.1. The number of aryl methyl sites for hydroxylation is 1. The standard InChI is InChI=1S/C17H19N3O5S2/c1-10-8-18-13(11(2)16(10)25-4)9-26(21)17-19-14-6-5-12(24-3)7-15(14)20(17)27(19,22)23/h5-8,17H,9H2,1-4H3. The van der Waals surface area contributed by atoms with E-state index < -0.39 is 26.5 Å². The second-order valence-electron chi connectivity index (χ2n) is 6.35. The third-order valence-corrected chi connectivity index (χ3v) is 8.32. The maximum atomic E-state index is 13.1. The average Bonchev–Trinajstić information content (AvgIpc) is 3.11. The van der Waals surface area contributed by atoms with Crippen LogP contribution in [0.4, 0.5) is 11.4 Å². The molecule has 2 aliphatic heterocycles. The number of benzene rings is 1. The van der Waals surface area contributed by atoms with E-state index in [-0.39, 0.29) is 5.75 Å². The van der Waals surface area contributed by atoms with E-state index in [1.165, 1.54) is 15.7 Å². The second kappa shape index (κ2) is 6.10. The zero-order chi connectivity index (χ0) is 19.5. The van der Waals surface area contributed by atoms with Crippen LogP contribution in [0.15, 0.2) is 24.4 Å². The van der Waals surface area contributed by atoms with E-state index in [1.54, 1.807) is 31.5 Å². The lowest BCUT2D eigenvalue weighted by Crippen LogP contribution is -2.65. The highest BCUT2D eigenvalue weighted by atomic mass is 32.2. The molecular formula is C17H19N3O5S2. The number of hydrogen-bond acceptors (Lipinski definition) is 6. The lowest BCUT2D eigenvalue weighted by atomic mass is 10.1. The van der Waals surface area contributed by atoms with Crippen molar-refractivity contribution in [3.63, 3.8) is 0 Å². The molecule has 144 valence electrons. The molecule has 3 heterocycles. The lowest BCUT2D eigenvalue weighted by molar-refractivity contribution is 0.407. The number of fused-ring (bicyclic) bond motifs is 5. The Hall–Kier alpha value is -2.33. The largest absolute Gasteiger partial charge is 0.497 e. The Morgan fingerprint density at radius 3 is 2.52 bits per heavy atom. The Labute approximate surface area is 160 Å². The van der Waals surface area contributed by atoms with Crippen molar-refractivity contribution in [1.82, 2.24) is 4.98 Å². The molecule has 1 aromatic carbocycles. The highest BCUT2D eigenvalue weighted by Gasteiger charge is 2.62. The van der Waals surface area contributed by atoms with Gasteiger partial charge in [0, 0.05) is 23.4 Å². The minimum Gasteiger partial charge on any atom is -0.497 e. The molecule has 0 radical (unpaired) electrons. The Kier molecular flexibility index (Phi) is 4.08. The van der Waals surface area contributed by atoms with Gasteiger partial charge in [0.15, 0.2) is 0 Å². The monoisotopic (exact) mass is 409 g/mol. The molecule has 0 spiro atoms. The highest BCUT2D eigenvalue weighted by molar-refractivity contribution is 8.00. The van der Waals surface area contributed by atoms with Crippen molar-refractivity contribution >= 4 is 32.4 Å². The van der Waals surface area contributed by atoms with E-state index >= 15 is 0 Å². The number of rotatable bonds is 5. The molecule has 2 unspecified atom stereocenters. The lowest BCUT2D eigenvalue weighted by Gasteiger charge is -2.41. The number of aromatic nitrogens is 1. The van der Waals surface area contributed by atoms with E-state index in [0.29, 0.717) is 28.6 Å². The quantitative estimate of drug-likeness (QED) is 0.749. The first-order chi connectivity index (χ1) is 12.8. The van der Waals surface area contributed by atoms with Crippen LogP contribution in [0.5, 0.6) is 11.5 Å². The van der Waals surface area contributed by atoms with Crippen LogP contribution in [0.3, 0.4) is 0 Å². The van der Waals surface area contributed by atoms with Gasteiger partial charge in [0.1, 0.15) is 11.5 Å². The number of methoxy groups -OCH3 is 2. The van der Waals surface area contributed by atoms with Gasteiger partial charge in [-0.1, -0.05) is 0 Å². The Morgan fingerprint density at radius 2 is 1.85 bits per heavy atom. The molecule has 2 aliphatic rings. The number of pyridine rings is 1. The molecule has 2 aromatic rings. The summed E-state index contributed by atoms with van der Waals surface area (Å²) in [6.45, 7) is 3.75. The van der Waals surface area contributed by atoms with E-state index in [9.17, 15) is 12.6 Å². The average molecular weight is 409 g/mol. The van der Waals surface area contributed by atoms with E-state index in [0.717, 1.165) is 11.1 Å². The molecule has 27 heavy (non-hydrogen) atoms. The smallest absolute Gasteiger partial charge is 0.331 e. The molecule has 0 N–H and O–H groups in total. The van der Waals surface area contributed by atoms with E-state index in [2.05, 4.69) is 4.98 Å². The van der Waals surface area contributed by atoms with Crippen LogP contribution in [0.1, 0.15) is 16.8 Å². The zero-order valence-electron chi connectivity index (χ0n) is 15.3. The van der Waals surface area contributed by atoms with E-state index in [4.69, 9.17) is 9.47 Å². The summed E-state index contributed by atoms with van der Waals surface area (Å²) in [6, 6.07) is 5.00. The van der Waals surface area contributed by atoms with Gasteiger partial charge in [-0.3, -0.25) is 9.19 Å². The van der Waals surface area contributed by atoms with Crippen molar-refractivity contribution in [1.29, 1.82) is 0 Å². The van der Waals surface area contributed by atoms with Crippen LogP contribution in [-0.4, -0.2) is 37.3 Å². The maximum Gasteiger partial charge on any atom is 0.331 e. The summed E-state index contributed by atoms with van der Waals surface area (Å²) < 4.78 is 51.0. The van der Waals surface area contributed by atoms with Crippen molar-refractivity contribution < 1.29 is 22.1 Å². The van der Waals surface area contributed by atoms with Gasteiger partial charge in [-0.2, -0.15) is 8.42 Å². The highest BCUT2D eigenvalue weighted by Crippen LogP contribution is 2.54. The summed E-state index contributed by atoms with van der Waals surface area (Å²) in [7, 11) is -2.08. The Balaban J connectivity index is 1.66. The van der Waals surface area contributed by atoms with Crippen molar-refractivity contribution in [3.05, 3.63) is 41.2 Å². The van der Waals surface area contributed by atoms with Crippen LogP contribution in [0, 0.1) is 13.8 Å². The van der Waals surface area contributed by atoms with Crippen molar-refractivity contribution in [2.45, 2.75) is 25.1 Å². The van der Waals surface area contributed by atoms with Crippen LogP contribution in [0.25, 0.3) is 0 Å². The molecule has 4 rings (SSSR count). The minimum absolute atomic E-state index is 0.126. The molecule has 1 saturated heterocycles. The summed E-state index contributed by atoms with van der Waals surface area (Å²) in [4.78, 5) is 4.37. The molecule has 0 saturated carbocycles. The summed E-state index contributed by atoms with van der Waals surface area (Å²) in [5.41, 5.74) is 2.56. The Morgan fingerprint density at radius 1 is 1.15 bits per heavy atom. The molecular weight excluding hydrogens is 390 g/mol.